The predicted octanol–water partition coefficient (Wildman–Crippen LogP) is 2.92. The molecule has 0 bridgehead atoms. The van der Waals surface area contributed by atoms with Gasteiger partial charge in [-0.1, -0.05) is 44.9 Å². The molecule has 1 aliphatic rings. The Hall–Kier alpha value is -1.51. The van der Waals surface area contributed by atoms with E-state index in [2.05, 4.69) is 19.2 Å². The minimum atomic E-state index is -0.632. The summed E-state index contributed by atoms with van der Waals surface area (Å²) >= 11 is 0. The second-order valence-corrected chi connectivity index (χ2v) is 5.85. The van der Waals surface area contributed by atoms with Crippen LogP contribution in [-0.2, 0) is 4.79 Å². The zero-order chi connectivity index (χ0) is 13.2. The quantitative estimate of drug-likeness (QED) is 0.861. The number of hydrogen-bond acceptors (Lipinski definition) is 2. The van der Waals surface area contributed by atoms with Crippen molar-refractivity contribution in [3.05, 3.63) is 30.3 Å². The highest BCUT2D eigenvalue weighted by Gasteiger charge is 2.51. The average Bonchev–Trinajstić information content (AvgIpc) is 2.33. The van der Waals surface area contributed by atoms with Crippen LogP contribution >= 0.6 is 0 Å². The Kier molecular flexibility index (Phi) is 3.33. The summed E-state index contributed by atoms with van der Waals surface area (Å²) in [6, 6.07) is 9.86. The standard InChI is InChI=1S/C15H22N2O/c1-14(2)10-6-7-11-15(14,13(16)18)17-12-8-4-3-5-9-12/h3-5,8-9,17H,6-7,10-11H2,1-2H3,(H2,16,18). The van der Waals surface area contributed by atoms with Gasteiger partial charge < -0.3 is 11.1 Å². The third-order valence-electron chi connectivity index (χ3n) is 4.31. The van der Waals surface area contributed by atoms with Crippen molar-refractivity contribution in [1.82, 2.24) is 0 Å². The van der Waals surface area contributed by atoms with Crippen LogP contribution in [0.4, 0.5) is 5.69 Å². The molecule has 0 spiro atoms. The molecule has 1 unspecified atom stereocenters. The Labute approximate surface area is 109 Å². The van der Waals surface area contributed by atoms with E-state index in [1.807, 2.05) is 30.3 Å². The molecule has 1 aliphatic carbocycles. The van der Waals surface area contributed by atoms with Gasteiger partial charge in [-0.3, -0.25) is 4.79 Å². The molecule has 3 heteroatoms. The summed E-state index contributed by atoms with van der Waals surface area (Å²) < 4.78 is 0. The van der Waals surface area contributed by atoms with Crippen LogP contribution in [0.25, 0.3) is 0 Å². The van der Waals surface area contributed by atoms with Gasteiger partial charge in [0.05, 0.1) is 0 Å². The maximum Gasteiger partial charge on any atom is 0.243 e. The third-order valence-corrected chi connectivity index (χ3v) is 4.31. The van der Waals surface area contributed by atoms with Crippen LogP contribution in [0.1, 0.15) is 39.5 Å². The monoisotopic (exact) mass is 246 g/mol. The second-order valence-electron chi connectivity index (χ2n) is 5.85. The summed E-state index contributed by atoms with van der Waals surface area (Å²) in [4.78, 5) is 12.1. The highest BCUT2D eigenvalue weighted by atomic mass is 16.1. The normalized spacial score (nSPS) is 26.6. The van der Waals surface area contributed by atoms with Crippen LogP contribution in [0.5, 0.6) is 0 Å². The van der Waals surface area contributed by atoms with E-state index >= 15 is 0 Å². The summed E-state index contributed by atoms with van der Waals surface area (Å²) in [7, 11) is 0. The molecule has 1 atom stereocenters. The smallest absolute Gasteiger partial charge is 0.243 e. The van der Waals surface area contributed by atoms with E-state index < -0.39 is 5.54 Å². The minimum Gasteiger partial charge on any atom is -0.371 e. The molecule has 0 radical (unpaired) electrons. The Bertz CT molecular complexity index is 427. The zero-order valence-corrected chi connectivity index (χ0v) is 11.2. The molecule has 0 aliphatic heterocycles. The van der Waals surface area contributed by atoms with E-state index in [0.29, 0.717) is 0 Å². The SMILES string of the molecule is CC1(C)CCCCC1(Nc1ccccc1)C(N)=O. The van der Waals surface area contributed by atoms with E-state index in [1.165, 1.54) is 6.42 Å². The third kappa shape index (κ3) is 2.09. The number of nitrogens with one attached hydrogen (secondary N) is 1. The molecular weight excluding hydrogens is 224 g/mol. The first-order chi connectivity index (χ1) is 8.48. The molecule has 0 saturated heterocycles. The lowest BCUT2D eigenvalue weighted by Gasteiger charge is -2.49. The molecule has 3 N–H and O–H groups in total. The lowest BCUT2D eigenvalue weighted by molar-refractivity contribution is -0.127. The van der Waals surface area contributed by atoms with E-state index in [9.17, 15) is 4.79 Å². The van der Waals surface area contributed by atoms with Gasteiger partial charge in [0.15, 0.2) is 0 Å². The van der Waals surface area contributed by atoms with Crippen molar-refractivity contribution in [2.45, 2.75) is 45.1 Å². The van der Waals surface area contributed by atoms with E-state index in [-0.39, 0.29) is 11.3 Å². The number of carbonyl (C=O) groups is 1. The molecule has 1 saturated carbocycles. The second kappa shape index (κ2) is 4.63. The first kappa shape index (κ1) is 12.9. The zero-order valence-electron chi connectivity index (χ0n) is 11.2. The minimum absolute atomic E-state index is 0.118. The predicted molar refractivity (Wildman–Crippen MR) is 74.2 cm³/mol. The van der Waals surface area contributed by atoms with Crippen LogP contribution in [0.15, 0.2) is 30.3 Å². The topological polar surface area (TPSA) is 55.1 Å². The summed E-state index contributed by atoms with van der Waals surface area (Å²) in [5.41, 5.74) is 5.94. The van der Waals surface area contributed by atoms with Crippen LogP contribution in [-0.4, -0.2) is 11.4 Å². The number of amides is 1. The van der Waals surface area contributed by atoms with Gasteiger partial charge in [-0.2, -0.15) is 0 Å². The molecule has 0 aromatic heterocycles. The maximum atomic E-state index is 12.1. The number of hydrogen-bond donors (Lipinski definition) is 2. The summed E-state index contributed by atoms with van der Waals surface area (Å²) in [5, 5.41) is 3.41. The van der Waals surface area contributed by atoms with E-state index in [4.69, 9.17) is 5.73 Å². The fourth-order valence-corrected chi connectivity index (χ4v) is 3.03. The highest BCUT2D eigenvalue weighted by molar-refractivity contribution is 5.89. The molecule has 1 amide bonds. The first-order valence-corrected chi connectivity index (χ1v) is 6.61. The Balaban J connectivity index is 2.35. The van der Waals surface area contributed by atoms with Crippen molar-refractivity contribution in [3.63, 3.8) is 0 Å². The lowest BCUT2D eigenvalue weighted by atomic mass is 9.62. The molecule has 3 nitrogen and oxygen atoms in total. The van der Waals surface area contributed by atoms with E-state index in [1.54, 1.807) is 0 Å². The number of para-hydroxylation sites is 1. The van der Waals surface area contributed by atoms with Gasteiger partial charge in [-0.15, -0.1) is 0 Å². The van der Waals surface area contributed by atoms with Crippen molar-refractivity contribution in [3.8, 4) is 0 Å². The van der Waals surface area contributed by atoms with Crippen molar-refractivity contribution >= 4 is 11.6 Å². The molecule has 0 heterocycles. The Morgan fingerprint density at radius 2 is 1.78 bits per heavy atom. The Morgan fingerprint density at radius 3 is 2.33 bits per heavy atom. The van der Waals surface area contributed by atoms with Crippen molar-refractivity contribution in [1.29, 1.82) is 0 Å². The van der Waals surface area contributed by atoms with Gasteiger partial charge in [0.2, 0.25) is 5.91 Å². The summed E-state index contributed by atoms with van der Waals surface area (Å²) in [5.74, 6) is -0.240. The number of benzene rings is 1. The number of rotatable bonds is 3. The average molecular weight is 246 g/mol. The van der Waals surface area contributed by atoms with Gasteiger partial charge in [0, 0.05) is 5.69 Å². The molecule has 1 fully saturated rings. The fourth-order valence-electron chi connectivity index (χ4n) is 3.03. The van der Waals surface area contributed by atoms with Gasteiger partial charge in [0.25, 0.3) is 0 Å². The van der Waals surface area contributed by atoms with E-state index in [0.717, 1.165) is 24.9 Å². The lowest BCUT2D eigenvalue weighted by Crippen LogP contribution is -2.61. The fraction of sp³-hybridized carbons (Fsp3) is 0.533. The molecule has 18 heavy (non-hydrogen) atoms. The van der Waals surface area contributed by atoms with Crippen LogP contribution in [0.3, 0.4) is 0 Å². The maximum absolute atomic E-state index is 12.1. The molecule has 1 aromatic carbocycles. The summed E-state index contributed by atoms with van der Waals surface area (Å²) in [6.07, 6.45) is 4.05. The van der Waals surface area contributed by atoms with Crippen molar-refractivity contribution in [2.75, 3.05) is 5.32 Å². The number of primary amides is 1. The molecule has 2 rings (SSSR count). The molecule has 1 aromatic rings. The number of carbonyl (C=O) groups excluding carboxylic acids is 1. The first-order valence-electron chi connectivity index (χ1n) is 6.61. The van der Waals surface area contributed by atoms with Gasteiger partial charge >= 0.3 is 0 Å². The van der Waals surface area contributed by atoms with Crippen LogP contribution < -0.4 is 11.1 Å². The van der Waals surface area contributed by atoms with Crippen molar-refractivity contribution < 1.29 is 4.79 Å². The molecule has 98 valence electrons. The molecular formula is C15H22N2O. The van der Waals surface area contributed by atoms with Gasteiger partial charge in [0.1, 0.15) is 5.54 Å². The number of nitrogens with two attached hydrogens (primary N) is 1. The summed E-state index contributed by atoms with van der Waals surface area (Å²) in [6.45, 7) is 4.26. The number of anilines is 1. The Morgan fingerprint density at radius 1 is 1.17 bits per heavy atom. The van der Waals surface area contributed by atoms with Crippen LogP contribution in [0.2, 0.25) is 0 Å². The largest absolute Gasteiger partial charge is 0.371 e. The van der Waals surface area contributed by atoms with Crippen LogP contribution in [0, 0.1) is 5.41 Å². The van der Waals surface area contributed by atoms with Gasteiger partial charge in [-0.05, 0) is 30.4 Å². The highest BCUT2D eigenvalue weighted by Crippen LogP contribution is 2.45. The van der Waals surface area contributed by atoms with Gasteiger partial charge in [-0.25, -0.2) is 0 Å². The van der Waals surface area contributed by atoms with Crippen molar-refractivity contribution in [2.24, 2.45) is 11.1 Å².